The average molecular weight is 240 g/mol. The van der Waals surface area contributed by atoms with Gasteiger partial charge >= 0.3 is 0 Å². The molecule has 0 bridgehead atoms. The Hall–Kier alpha value is -1.11. The second-order valence-electron chi connectivity index (χ2n) is 3.09. The Kier molecular flexibility index (Phi) is 2.41. The van der Waals surface area contributed by atoms with E-state index in [1.165, 1.54) is 12.3 Å². The molecule has 0 radical (unpaired) electrons. The first kappa shape index (κ1) is 10.4. The summed E-state index contributed by atoms with van der Waals surface area (Å²) in [6.07, 6.45) is 3.06. The molecule has 6 heteroatoms. The second kappa shape index (κ2) is 3.48. The number of aromatic nitrogens is 1. The SMILES string of the molecule is NS(=O)(=O)c1cc(S)cc2ccncc12. The van der Waals surface area contributed by atoms with Crippen molar-refractivity contribution in [1.82, 2.24) is 4.98 Å². The number of benzene rings is 1. The van der Waals surface area contributed by atoms with Crippen LogP contribution in [0.5, 0.6) is 0 Å². The van der Waals surface area contributed by atoms with Gasteiger partial charge in [-0.2, -0.15) is 0 Å². The molecule has 0 spiro atoms. The molecular formula is C9H8N2O2S2. The Labute approximate surface area is 92.6 Å². The fourth-order valence-electron chi connectivity index (χ4n) is 1.39. The third kappa shape index (κ3) is 1.97. The van der Waals surface area contributed by atoms with E-state index in [-0.39, 0.29) is 4.90 Å². The van der Waals surface area contributed by atoms with Gasteiger partial charge in [-0.1, -0.05) is 0 Å². The molecule has 0 saturated heterocycles. The van der Waals surface area contributed by atoms with Crippen LogP contribution >= 0.6 is 12.6 Å². The number of nitrogens with two attached hydrogens (primary N) is 1. The topological polar surface area (TPSA) is 73.1 Å². The van der Waals surface area contributed by atoms with Crippen molar-refractivity contribution in [3.63, 3.8) is 0 Å². The van der Waals surface area contributed by atoms with Gasteiger partial charge in [0.2, 0.25) is 10.0 Å². The highest BCUT2D eigenvalue weighted by atomic mass is 32.2. The Morgan fingerprint density at radius 3 is 2.73 bits per heavy atom. The maximum absolute atomic E-state index is 11.3. The zero-order chi connectivity index (χ0) is 11.1. The average Bonchev–Trinajstić information content (AvgIpc) is 2.15. The van der Waals surface area contributed by atoms with Crippen molar-refractivity contribution in [3.8, 4) is 0 Å². The molecule has 2 aromatic rings. The molecule has 2 rings (SSSR count). The third-order valence-corrected chi connectivity index (χ3v) is 3.22. The lowest BCUT2D eigenvalue weighted by Gasteiger charge is -2.04. The van der Waals surface area contributed by atoms with Crippen LogP contribution in [0.4, 0.5) is 0 Å². The minimum atomic E-state index is -3.74. The number of thiol groups is 1. The van der Waals surface area contributed by atoms with Crippen LogP contribution in [0.3, 0.4) is 0 Å². The molecule has 0 aliphatic rings. The van der Waals surface area contributed by atoms with E-state index in [0.29, 0.717) is 10.3 Å². The molecule has 0 saturated carbocycles. The van der Waals surface area contributed by atoms with E-state index >= 15 is 0 Å². The van der Waals surface area contributed by atoms with E-state index in [1.54, 1.807) is 18.3 Å². The largest absolute Gasteiger partial charge is 0.264 e. The fourth-order valence-corrected chi connectivity index (χ4v) is 2.51. The summed E-state index contributed by atoms with van der Waals surface area (Å²) >= 11 is 4.12. The maximum atomic E-state index is 11.3. The van der Waals surface area contributed by atoms with Crippen molar-refractivity contribution >= 4 is 33.4 Å². The highest BCUT2D eigenvalue weighted by molar-refractivity contribution is 7.89. The molecule has 4 nitrogen and oxygen atoms in total. The summed E-state index contributed by atoms with van der Waals surface area (Å²) in [4.78, 5) is 4.48. The monoisotopic (exact) mass is 240 g/mol. The Balaban J connectivity index is 2.96. The van der Waals surface area contributed by atoms with Gasteiger partial charge in [0.1, 0.15) is 0 Å². The van der Waals surface area contributed by atoms with Gasteiger partial charge in [0, 0.05) is 22.7 Å². The van der Waals surface area contributed by atoms with Gasteiger partial charge in [-0.3, -0.25) is 4.98 Å². The smallest absolute Gasteiger partial charge is 0.238 e. The molecule has 1 aromatic heterocycles. The van der Waals surface area contributed by atoms with Gasteiger partial charge in [0.25, 0.3) is 0 Å². The molecule has 0 fully saturated rings. The minimum Gasteiger partial charge on any atom is -0.264 e. The number of hydrogen-bond donors (Lipinski definition) is 2. The van der Waals surface area contributed by atoms with Crippen molar-refractivity contribution in [2.45, 2.75) is 9.79 Å². The molecule has 0 amide bonds. The number of rotatable bonds is 1. The lowest BCUT2D eigenvalue weighted by Crippen LogP contribution is -2.12. The van der Waals surface area contributed by atoms with Crippen molar-refractivity contribution in [2.24, 2.45) is 5.14 Å². The summed E-state index contributed by atoms with van der Waals surface area (Å²) in [6, 6.07) is 4.89. The van der Waals surface area contributed by atoms with Crippen LogP contribution in [-0.4, -0.2) is 13.4 Å². The van der Waals surface area contributed by atoms with Gasteiger partial charge in [0.15, 0.2) is 0 Å². The number of nitrogens with zero attached hydrogens (tertiary/aromatic N) is 1. The fraction of sp³-hybridized carbons (Fsp3) is 0. The van der Waals surface area contributed by atoms with Crippen molar-refractivity contribution in [3.05, 3.63) is 30.6 Å². The second-order valence-corrected chi connectivity index (χ2v) is 5.13. The first-order chi connectivity index (χ1) is 6.98. The lowest BCUT2D eigenvalue weighted by atomic mass is 10.2. The Morgan fingerprint density at radius 1 is 1.33 bits per heavy atom. The van der Waals surface area contributed by atoms with Crippen LogP contribution < -0.4 is 5.14 Å². The summed E-state index contributed by atoms with van der Waals surface area (Å²) in [5.41, 5.74) is 0. The first-order valence-corrected chi connectivity index (χ1v) is 6.07. The normalized spacial score (nSPS) is 11.9. The summed E-state index contributed by atoms with van der Waals surface area (Å²) in [5.74, 6) is 0. The first-order valence-electron chi connectivity index (χ1n) is 4.08. The van der Waals surface area contributed by atoms with Gasteiger partial charge < -0.3 is 0 Å². The van der Waals surface area contributed by atoms with Crippen LogP contribution in [0.15, 0.2) is 40.4 Å². The number of primary sulfonamides is 1. The van der Waals surface area contributed by atoms with Gasteiger partial charge in [-0.15, -0.1) is 12.6 Å². The molecule has 0 atom stereocenters. The van der Waals surface area contributed by atoms with Crippen molar-refractivity contribution in [1.29, 1.82) is 0 Å². The maximum Gasteiger partial charge on any atom is 0.238 e. The van der Waals surface area contributed by atoms with Crippen molar-refractivity contribution < 1.29 is 8.42 Å². The van der Waals surface area contributed by atoms with Crippen LogP contribution in [0.1, 0.15) is 0 Å². The number of sulfonamides is 1. The molecule has 0 aliphatic heterocycles. The van der Waals surface area contributed by atoms with Crippen LogP contribution in [0.25, 0.3) is 10.8 Å². The zero-order valence-corrected chi connectivity index (χ0v) is 9.29. The summed E-state index contributed by atoms with van der Waals surface area (Å²) in [6.45, 7) is 0. The summed E-state index contributed by atoms with van der Waals surface area (Å²) in [7, 11) is -3.74. The predicted molar refractivity (Wildman–Crippen MR) is 60.4 cm³/mol. The highest BCUT2D eigenvalue weighted by Crippen LogP contribution is 2.24. The van der Waals surface area contributed by atoms with Crippen LogP contribution in [0, 0.1) is 0 Å². The van der Waals surface area contributed by atoms with Gasteiger partial charge in [0.05, 0.1) is 4.90 Å². The number of hydrogen-bond acceptors (Lipinski definition) is 4. The molecule has 1 aromatic carbocycles. The zero-order valence-electron chi connectivity index (χ0n) is 7.58. The Bertz CT molecular complexity index is 623. The molecule has 15 heavy (non-hydrogen) atoms. The third-order valence-electron chi connectivity index (χ3n) is 2.01. The van der Waals surface area contributed by atoms with Crippen molar-refractivity contribution in [2.75, 3.05) is 0 Å². The Morgan fingerprint density at radius 2 is 2.07 bits per heavy atom. The van der Waals surface area contributed by atoms with E-state index in [9.17, 15) is 8.42 Å². The van der Waals surface area contributed by atoms with E-state index in [0.717, 1.165) is 5.39 Å². The summed E-state index contributed by atoms with van der Waals surface area (Å²) < 4.78 is 22.6. The molecule has 1 heterocycles. The standard InChI is InChI=1S/C9H8N2O2S2/c10-15(12,13)9-4-7(14)3-6-1-2-11-5-8(6)9/h1-5,14H,(H2,10,12,13). The highest BCUT2D eigenvalue weighted by Gasteiger charge is 2.13. The minimum absolute atomic E-state index is 0.0538. The van der Waals surface area contributed by atoms with E-state index in [4.69, 9.17) is 5.14 Å². The lowest BCUT2D eigenvalue weighted by molar-refractivity contribution is 0.598. The van der Waals surface area contributed by atoms with Crippen LogP contribution in [-0.2, 0) is 10.0 Å². The molecule has 0 unspecified atom stereocenters. The predicted octanol–water partition coefficient (Wildman–Crippen LogP) is 1.17. The van der Waals surface area contributed by atoms with E-state index in [2.05, 4.69) is 17.6 Å². The quantitative estimate of drug-likeness (QED) is 0.735. The number of pyridine rings is 1. The summed E-state index contributed by atoms with van der Waals surface area (Å²) in [5, 5.41) is 6.37. The molecule has 78 valence electrons. The molecule has 2 N–H and O–H groups in total. The van der Waals surface area contributed by atoms with Gasteiger partial charge in [-0.05, 0) is 23.6 Å². The van der Waals surface area contributed by atoms with Gasteiger partial charge in [-0.25, -0.2) is 13.6 Å². The van der Waals surface area contributed by atoms with E-state index in [1.807, 2.05) is 0 Å². The molecule has 0 aliphatic carbocycles. The van der Waals surface area contributed by atoms with E-state index < -0.39 is 10.0 Å². The number of fused-ring (bicyclic) bond motifs is 1. The van der Waals surface area contributed by atoms with Crippen LogP contribution in [0.2, 0.25) is 0 Å². The molecular weight excluding hydrogens is 232 g/mol.